The van der Waals surface area contributed by atoms with E-state index in [4.69, 9.17) is 5.26 Å². The van der Waals surface area contributed by atoms with E-state index in [2.05, 4.69) is 0 Å². The topological polar surface area (TPSA) is 40.9 Å². The zero-order valence-corrected chi connectivity index (χ0v) is 8.11. The molecule has 2 nitrogen and oxygen atoms in total. The number of nitriles is 1. The van der Waals surface area contributed by atoms with Crippen LogP contribution in [0.15, 0.2) is 0 Å². The highest BCUT2D eigenvalue weighted by molar-refractivity contribution is 7.85. The first-order valence-corrected chi connectivity index (χ1v) is 5.97. The molecule has 0 spiro atoms. The van der Waals surface area contributed by atoms with Crippen molar-refractivity contribution < 1.29 is 4.21 Å². The van der Waals surface area contributed by atoms with Crippen LogP contribution in [0, 0.1) is 11.3 Å². The van der Waals surface area contributed by atoms with Gasteiger partial charge in [-0.1, -0.05) is 19.3 Å². The van der Waals surface area contributed by atoms with E-state index in [1.54, 1.807) is 0 Å². The van der Waals surface area contributed by atoms with E-state index in [0.29, 0.717) is 17.4 Å². The van der Waals surface area contributed by atoms with Crippen LogP contribution >= 0.6 is 0 Å². The van der Waals surface area contributed by atoms with Gasteiger partial charge in [0.2, 0.25) is 0 Å². The minimum absolute atomic E-state index is 0.395. The summed E-state index contributed by atoms with van der Waals surface area (Å²) in [6, 6.07) is 2.04. The third-order valence-electron chi connectivity index (χ3n) is 2.34. The smallest absolute Gasteiger partial charge is 0.0631 e. The van der Waals surface area contributed by atoms with Gasteiger partial charge in [0, 0.05) is 28.2 Å². The summed E-state index contributed by atoms with van der Waals surface area (Å²) in [5.74, 6) is 0.584. The van der Waals surface area contributed by atoms with Gasteiger partial charge in [0.15, 0.2) is 0 Å². The van der Waals surface area contributed by atoms with Crippen LogP contribution in [-0.2, 0) is 10.8 Å². The molecule has 1 saturated carbocycles. The fourth-order valence-electron chi connectivity index (χ4n) is 1.64. The standard InChI is InChI=1S/C9H15NOS/c10-7-4-8-12(11)9-5-2-1-3-6-9/h9H,1-6,8H2. The van der Waals surface area contributed by atoms with Crippen LogP contribution in [0.3, 0.4) is 0 Å². The largest absolute Gasteiger partial charge is 0.259 e. The van der Waals surface area contributed by atoms with Gasteiger partial charge in [0.1, 0.15) is 0 Å². The molecule has 1 rings (SSSR count). The second-order valence-electron chi connectivity index (χ2n) is 3.25. The first kappa shape index (κ1) is 9.73. The van der Waals surface area contributed by atoms with Crippen LogP contribution in [0.25, 0.3) is 0 Å². The lowest BCUT2D eigenvalue weighted by molar-refractivity contribution is 0.504. The molecule has 1 unspecified atom stereocenters. The Balaban J connectivity index is 2.26. The predicted octanol–water partition coefficient (Wildman–Crippen LogP) is 1.98. The number of hydrogen-bond donors (Lipinski definition) is 0. The van der Waals surface area contributed by atoms with Crippen molar-refractivity contribution in [1.82, 2.24) is 0 Å². The van der Waals surface area contributed by atoms with Crippen molar-refractivity contribution in [1.29, 1.82) is 5.26 Å². The van der Waals surface area contributed by atoms with Gasteiger partial charge in [-0.25, -0.2) is 0 Å². The summed E-state index contributed by atoms with van der Waals surface area (Å²) in [5, 5.41) is 8.72. The van der Waals surface area contributed by atoms with E-state index < -0.39 is 10.8 Å². The van der Waals surface area contributed by atoms with Gasteiger partial charge >= 0.3 is 0 Å². The first-order valence-electron chi connectivity index (χ1n) is 4.58. The van der Waals surface area contributed by atoms with Crippen molar-refractivity contribution in [2.45, 2.75) is 43.8 Å². The van der Waals surface area contributed by atoms with Gasteiger partial charge in [-0.05, 0) is 12.8 Å². The van der Waals surface area contributed by atoms with E-state index in [9.17, 15) is 4.21 Å². The normalized spacial score (nSPS) is 21.6. The zero-order chi connectivity index (χ0) is 8.81. The van der Waals surface area contributed by atoms with Gasteiger partial charge in [-0.15, -0.1) is 0 Å². The molecule has 0 aromatic carbocycles. The monoisotopic (exact) mass is 185 g/mol. The fourth-order valence-corrected chi connectivity index (χ4v) is 3.13. The molecule has 0 heterocycles. The van der Waals surface area contributed by atoms with Gasteiger partial charge in [-0.3, -0.25) is 4.21 Å². The summed E-state index contributed by atoms with van der Waals surface area (Å²) in [4.78, 5) is 0. The molecule has 1 fully saturated rings. The quantitative estimate of drug-likeness (QED) is 0.674. The second-order valence-corrected chi connectivity index (χ2v) is 5.09. The van der Waals surface area contributed by atoms with Gasteiger partial charge in [0.05, 0.1) is 6.07 Å². The SMILES string of the molecule is N#CCCS(=O)C1CCCCC1. The van der Waals surface area contributed by atoms with Crippen LogP contribution in [0.1, 0.15) is 38.5 Å². The summed E-state index contributed by atoms with van der Waals surface area (Å²) in [5.41, 5.74) is 0. The summed E-state index contributed by atoms with van der Waals surface area (Å²) in [6.07, 6.45) is 6.41. The molecule has 68 valence electrons. The highest BCUT2D eigenvalue weighted by Gasteiger charge is 2.18. The minimum atomic E-state index is -0.729. The van der Waals surface area contributed by atoms with Crippen LogP contribution in [0.2, 0.25) is 0 Å². The van der Waals surface area contributed by atoms with Crippen molar-refractivity contribution >= 4 is 10.8 Å². The van der Waals surface area contributed by atoms with Crippen LogP contribution in [0.5, 0.6) is 0 Å². The molecule has 3 heteroatoms. The van der Waals surface area contributed by atoms with Crippen molar-refractivity contribution in [3.05, 3.63) is 0 Å². The van der Waals surface area contributed by atoms with Crippen LogP contribution in [-0.4, -0.2) is 15.2 Å². The third-order valence-corrected chi connectivity index (χ3v) is 4.16. The average molecular weight is 185 g/mol. The minimum Gasteiger partial charge on any atom is -0.259 e. The zero-order valence-electron chi connectivity index (χ0n) is 7.29. The molecule has 1 aliphatic rings. The molecule has 1 atom stereocenters. The molecule has 0 aromatic rings. The molecular formula is C9H15NOS. The molecule has 0 aromatic heterocycles. The molecule has 0 N–H and O–H groups in total. The van der Waals surface area contributed by atoms with E-state index in [0.717, 1.165) is 12.8 Å². The maximum absolute atomic E-state index is 11.5. The number of hydrogen-bond acceptors (Lipinski definition) is 2. The third kappa shape index (κ3) is 2.94. The molecule has 0 saturated heterocycles. The Hall–Kier alpha value is -0.360. The Morgan fingerprint density at radius 3 is 2.58 bits per heavy atom. The summed E-state index contributed by atoms with van der Waals surface area (Å²) >= 11 is 0. The molecular weight excluding hydrogens is 170 g/mol. The van der Waals surface area contributed by atoms with E-state index in [1.807, 2.05) is 6.07 Å². The van der Waals surface area contributed by atoms with E-state index in [-0.39, 0.29) is 0 Å². The molecule has 1 aliphatic carbocycles. The Bertz CT molecular complexity index is 191. The maximum Gasteiger partial charge on any atom is 0.0631 e. The van der Waals surface area contributed by atoms with E-state index in [1.165, 1.54) is 19.3 Å². The van der Waals surface area contributed by atoms with Crippen LogP contribution in [0.4, 0.5) is 0 Å². The number of rotatable bonds is 3. The summed E-state index contributed by atoms with van der Waals surface area (Å²) in [6.45, 7) is 0. The highest BCUT2D eigenvalue weighted by Crippen LogP contribution is 2.22. The van der Waals surface area contributed by atoms with E-state index >= 15 is 0 Å². The molecule has 0 amide bonds. The van der Waals surface area contributed by atoms with Crippen molar-refractivity contribution in [3.8, 4) is 6.07 Å². The van der Waals surface area contributed by atoms with Crippen molar-refractivity contribution in [2.24, 2.45) is 0 Å². The molecule has 0 bridgehead atoms. The van der Waals surface area contributed by atoms with Gasteiger partial charge < -0.3 is 0 Å². The lowest BCUT2D eigenvalue weighted by Crippen LogP contribution is -2.20. The number of nitrogens with zero attached hydrogens (tertiary/aromatic N) is 1. The fraction of sp³-hybridized carbons (Fsp3) is 0.889. The first-order chi connectivity index (χ1) is 5.84. The lowest BCUT2D eigenvalue weighted by Gasteiger charge is -2.20. The average Bonchev–Trinajstić information content (AvgIpc) is 2.15. The molecule has 0 radical (unpaired) electrons. The molecule has 0 aliphatic heterocycles. The Kier molecular flexibility index (Phi) is 4.31. The van der Waals surface area contributed by atoms with Crippen LogP contribution < -0.4 is 0 Å². The van der Waals surface area contributed by atoms with Gasteiger partial charge in [-0.2, -0.15) is 5.26 Å². The predicted molar refractivity (Wildman–Crippen MR) is 50.1 cm³/mol. The Morgan fingerprint density at radius 1 is 1.33 bits per heavy atom. The highest BCUT2D eigenvalue weighted by atomic mass is 32.2. The Labute approximate surface area is 76.4 Å². The van der Waals surface area contributed by atoms with Crippen molar-refractivity contribution in [2.75, 3.05) is 5.75 Å². The maximum atomic E-state index is 11.5. The molecule has 12 heavy (non-hydrogen) atoms. The van der Waals surface area contributed by atoms with Gasteiger partial charge in [0.25, 0.3) is 0 Å². The second kappa shape index (κ2) is 5.31. The van der Waals surface area contributed by atoms with Crippen molar-refractivity contribution in [3.63, 3.8) is 0 Å². The lowest BCUT2D eigenvalue weighted by atomic mass is 10.0. The summed E-state index contributed by atoms with van der Waals surface area (Å²) in [7, 11) is -0.729. The summed E-state index contributed by atoms with van der Waals surface area (Å²) < 4.78 is 11.5. The Morgan fingerprint density at radius 2 is 2.00 bits per heavy atom.